The first kappa shape index (κ1) is 16.7. The highest BCUT2D eigenvalue weighted by Crippen LogP contribution is 2.27. The van der Waals surface area contributed by atoms with Gasteiger partial charge in [-0.15, -0.1) is 11.8 Å². The maximum Gasteiger partial charge on any atom is 0.330 e. The van der Waals surface area contributed by atoms with E-state index in [1.54, 1.807) is 0 Å². The lowest BCUT2D eigenvalue weighted by molar-refractivity contribution is -0.136. The molecule has 3 atom stereocenters. The number of thioether (sulfide) groups is 1. The van der Waals surface area contributed by atoms with Gasteiger partial charge in [-0.3, -0.25) is 19.1 Å². The summed E-state index contributed by atoms with van der Waals surface area (Å²) in [6, 6.07) is 0. The number of nitrogens with zero attached hydrogens (tertiary/aromatic N) is 1. The number of aromatic nitrogens is 2. The summed E-state index contributed by atoms with van der Waals surface area (Å²) >= 11 is 1.01. The van der Waals surface area contributed by atoms with Crippen molar-refractivity contribution < 1.29 is 24.9 Å². The number of aromatic amines is 1. The highest BCUT2D eigenvalue weighted by molar-refractivity contribution is 7.99. The summed E-state index contributed by atoms with van der Waals surface area (Å²) in [7, 11) is 0. The third-order valence-corrected chi connectivity index (χ3v) is 4.21. The predicted molar refractivity (Wildman–Crippen MR) is 75.9 cm³/mol. The molecule has 0 radical (unpaired) electrons. The van der Waals surface area contributed by atoms with Crippen molar-refractivity contribution in [2.24, 2.45) is 0 Å². The lowest BCUT2D eigenvalue weighted by Gasteiger charge is -2.15. The molecule has 9 nitrogen and oxygen atoms in total. The van der Waals surface area contributed by atoms with E-state index in [1.165, 1.54) is 6.20 Å². The summed E-state index contributed by atoms with van der Waals surface area (Å²) in [5, 5.41) is 27.3. The largest absolute Gasteiger partial charge is 0.481 e. The number of nitrogens with one attached hydrogen (secondary N) is 1. The zero-order valence-corrected chi connectivity index (χ0v) is 12.3. The van der Waals surface area contributed by atoms with Gasteiger partial charge in [0.2, 0.25) is 0 Å². The topological polar surface area (TPSA) is 142 Å². The molecule has 122 valence electrons. The fraction of sp³-hybridized carbons (Fsp3) is 0.583. The first-order valence-corrected chi connectivity index (χ1v) is 7.55. The molecule has 1 aliphatic rings. The number of aliphatic hydroxyl groups is 2. The average Bonchev–Trinajstić information content (AvgIpc) is 2.81. The lowest BCUT2D eigenvalue weighted by Crippen LogP contribution is -2.33. The Morgan fingerprint density at radius 3 is 2.82 bits per heavy atom. The maximum atomic E-state index is 11.8. The number of carboxylic acids is 1. The molecule has 10 heteroatoms. The summed E-state index contributed by atoms with van der Waals surface area (Å²) in [4.78, 5) is 36.3. The third-order valence-electron chi connectivity index (χ3n) is 3.20. The van der Waals surface area contributed by atoms with Crippen LogP contribution in [-0.2, 0) is 9.53 Å². The van der Waals surface area contributed by atoms with Crippen LogP contribution in [0.3, 0.4) is 0 Å². The average molecular weight is 332 g/mol. The van der Waals surface area contributed by atoms with Crippen LogP contribution >= 0.6 is 11.8 Å². The molecule has 0 unspecified atom stereocenters. The molecule has 1 fully saturated rings. The zero-order valence-electron chi connectivity index (χ0n) is 11.5. The van der Waals surface area contributed by atoms with Gasteiger partial charge in [-0.2, -0.15) is 0 Å². The van der Waals surface area contributed by atoms with Gasteiger partial charge >= 0.3 is 11.7 Å². The van der Waals surface area contributed by atoms with Crippen molar-refractivity contribution in [1.29, 1.82) is 0 Å². The normalized spacial score (nSPS) is 24.5. The smallest absolute Gasteiger partial charge is 0.330 e. The molecule has 1 aromatic rings. The molecule has 1 saturated heterocycles. The maximum absolute atomic E-state index is 11.8. The molecule has 22 heavy (non-hydrogen) atoms. The Morgan fingerprint density at radius 2 is 2.23 bits per heavy atom. The number of hydrogen-bond donors (Lipinski definition) is 4. The SMILES string of the molecule is O=C(O)CCSc1cn([C@H]2C[C@H](O)[C@@H](CO)O2)c(=O)[nH]c1=O. The van der Waals surface area contributed by atoms with E-state index in [2.05, 4.69) is 4.98 Å². The Hall–Kier alpha value is -1.62. The van der Waals surface area contributed by atoms with Gasteiger partial charge in [-0.25, -0.2) is 4.79 Å². The van der Waals surface area contributed by atoms with Crippen LogP contribution in [0.5, 0.6) is 0 Å². The highest BCUT2D eigenvalue weighted by Gasteiger charge is 2.35. The molecule has 1 aliphatic heterocycles. The third kappa shape index (κ3) is 3.77. The van der Waals surface area contributed by atoms with Crippen LogP contribution in [0.1, 0.15) is 19.1 Å². The minimum absolute atomic E-state index is 0.108. The van der Waals surface area contributed by atoms with Gasteiger partial charge < -0.3 is 20.1 Å². The number of hydrogen-bond acceptors (Lipinski definition) is 7. The van der Waals surface area contributed by atoms with Crippen LogP contribution in [0.4, 0.5) is 0 Å². The molecule has 0 saturated carbocycles. The number of aliphatic hydroxyl groups excluding tert-OH is 2. The van der Waals surface area contributed by atoms with Crippen molar-refractivity contribution in [3.8, 4) is 0 Å². The first-order chi connectivity index (χ1) is 10.4. The van der Waals surface area contributed by atoms with Gasteiger partial charge in [0.05, 0.1) is 24.0 Å². The summed E-state index contributed by atoms with van der Waals surface area (Å²) in [5.74, 6) is -0.797. The van der Waals surface area contributed by atoms with E-state index in [0.29, 0.717) is 0 Å². The second kappa shape index (κ2) is 7.09. The molecule has 1 aromatic heterocycles. The minimum atomic E-state index is -0.981. The molecular formula is C12H16N2O7S. The molecule has 0 aromatic carbocycles. The minimum Gasteiger partial charge on any atom is -0.481 e. The van der Waals surface area contributed by atoms with Crippen molar-refractivity contribution in [2.45, 2.75) is 36.2 Å². The summed E-state index contributed by atoms with van der Waals surface area (Å²) in [6.07, 6.45) is -1.21. The second-order valence-electron chi connectivity index (χ2n) is 4.77. The van der Waals surface area contributed by atoms with E-state index in [-0.39, 0.29) is 30.1 Å². The van der Waals surface area contributed by atoms with Gasteiger partial charge in [-0.1, -0.05) is 0 Å². The number of rotatable bonds is 6. The molecule has 0 spiro atoms. The van der Waals surface area contributed by atoms with Crippen LogP contribution in [-0.4, -0.2) is 55.4 Å². The van der Waals surface area contributed by atoms with Crippen molar-refractivity contribution >= 4 is 17.7 Å². The number of carbonyl (C=O) groups is 1. The molecule has 0 aliphatic carbocycles. The Balaban J connectivity index is 2.20. The predicted octanol–water partition coefficient (Wildman–Crippen LogP) is -1.26. The molecule has 0 bridgehead atoms. The van der Waals surface area contributed by atoms with Crippen molar-refractivity contribution in [2.75, 3.05) is 12.4 Å². The van der Waals surface area contributed by atoms with E-state index in [4.69, 9.17) is 14.9 Å². The number of ether oxygens (including phenoxy) is 1. The fourth-order valence-electron chi connectivity index (χ4n) is 2.08. The number of H-pyrrole nitrogens is 1. The summed E-state index contributed by atoms with van der Waals surface area (Å²) in [5.41, 5.74) is -1.29. The van der Waals surface area contributed by atoms with E-state index in [9.17, 15) is 19.5 Å². The van der Waals surface area contributed by atoms with Gasteiger partial charge in [0.15, 0.2) is 0 Å². The zero-order chi connectivity index (χ0) is 16.3. The quantitative estimate of drug-likeness (QED) is 0.473. The second-order valence-corrected chi connectivity index (χ2v) is 5.90. The first-order valence-electron chi connectivity index (χ1n) is 6.56. The van der Waals surface area contributed by atoms with Crippen LogP contribution < -0.4 is 11.2 Å². The Kier molecular flexibility index (Phi) is 5.40. The lowest BCUT2D eigenvalue weighted by atomic mass is 10.2. The van der Waals surface area contributed by atoms with Gasteiger partial charge in [0.1, 0.15) is 12.3 Å². The molecular weight excluding hydrogens is 316 g/mol. The van der Waals surface area contributed by atoms with Crippen LogP contribution in [0.2, 0.25) is 0 Å². The van der Waals surface area contributed by atoms with Crippen molar-refractivity contribution in [3.05, 3.63) is 27.0 Å². The molecule has 2 rings (SSSR count). The molecule has 2 heterocycles. The standard InChI is InChI=1S/C12H16N2O7S/c15-5-7-6(16)3-9(21-7)14-4-8(11(19)13-12(14)20)22-2-1-10(17)18/h4,6-7,9,15-16H,1-3,5H2,(H,17,18)(H,13,19,20)/t6-,7+,9+/m0/s1. The number of aliphatic carboxylic acids is 1. The summed E-state index contributed by atoms with van der Waals surface area (Å²) in [6.45, 7) is -0.379. The monoisotopic (exact) mass is 332 g/mol. The van der Waals surface area contributed by atoms with Crippen LogP contribution in [0.15, 0.2) is 20.7 Å². The molecule has 0 amide bonds. The van der Waals surface area contributed by atoms with Gasteiger partial charge in [0, 0.05) is 18.4 Å². The number of carboxylic acid groups (broad SMARTS) is 1. The highest BCUT2D eigenvalue weighted by atomic mass is 32.2. The van der Waals surface area contributed by atoms with Crippen molar-refractivity contribution in [3.63, 3.8) is 0 Å². The van der Waals surface area contributed by atoms with Gasteiger partial charge in [0.25, 0.3) is 5.56 Å². The summed E-state index contributed by atoms with van der Waals surface area (Å²) < 4.78 is 6.49. The van der Waals surface area contributed by atoms with E-state index >= 15 is 0 Å². The van der Waals surface area contributed by atoms with Crippen LogP contribution in [0.25, 0.3) is 0 Å². The Bertz CT molecular complexity index is 656. The van der Waals surface area contributed by atoms with Crippen LogP contribution in [0, 0.1) is 0 Å². The Morgan fingerprint density at radius 1 is 1.50 bits per heavy atom. The molecule has 4 N–H and O–H groups in total. The Labute approximate surface area is 128 Å². The van der Waals surface area contributed by atoms with Gasteiger partial charge in [-0.05, 0) is 0 Å². The fourth-order valence-corrected chi connectivity index (χ4v) is 2.95. The van der Waals surface area contributed by atoms with E-state index in [1.807, 2.05) is 0 Å². The van der Waals surface area contributed by atoms with Crippen molar-refractivity contribution in [1.82, 2.24) is 9.55 Å². The van der Waals surface area contributed by atoms with E-state index < -0.39 is 35.7 Å². The van der Waals surface area contributed by atoms with E-state index in [0.717, 1.165) is 16.3 Å².